The van der Waals surface area contributed by atoms with Gasteiger partial charge >= 0.3 is 0 Å². The molecule has 0 unspecified atom stereocenters. The summed E-state index contributed by atoms with van der Waals surface area (Å²) in [5.41, 5.74) is 2.86. The highest BCUT2D eigenvalue weighted by atomic mass is 35.5. The highest BCUT2D eigenvalue weighted by Crippen LogP contribution is 2.23. The normalized spacial score (nSPS) is 15.7. The van der Waals surface area contributed by atoms with Crippen molar-refractivity contribution in [3.05, 3.63) is 64.2 Å². The average Bonchev–Trinajstić information content (AvgIpc) is 2.61. The molecule has 27 heavy (non-hydrogen) atoms. The minimum absolute atomic E-state index is 0.00639. The van der Waals surface area contributed by atoms with Crippen LogP contribution in [-0.4, -0.2) is 56.6 Å². The zero-order valence-electron chi connectivity index (χ0n) is 15.5. The lowest BCUT2D eigenvalue weighted by molar-refractivity contribution is 0.0628. The van der Waals surface area contributed by atoms with Crippen molar-refractivity contribution in [2.45, 2.75) is 18.4 Å². The van der Waals surface area contributed by atoms with Gasteiger partial charge in [0.15, 0.2) is 9.84 Å². The molecule has 2 aromatic carbocycles. The average molecular weight is 407 g/mol. The summed E-state index contributed by atoms with van der Waals surface area (Å²) in [5.74, 6) is -0.160. The van der Waals surface area contributed by atoms with Gasteiger partial charge in [-0.15, -0.1) is 0 Å². The Balaban J connectivity index is 1.65. The van der Waals surface area contributed by atoms with Crippen LogP contribution in [0.1, 0.15) is 21.5 Å². The molecule has 1 saturated heterocycles. The van der Waals surface area contributed by atoms with E-state index in [1.54, 1.807) is 11.0 Å². The van der Waals surface area contributed by atoms with E-state index in [0.717, 1.165) is 25.9 Å². The van der Waals surface area contributed by atoms with E-state index >= 15 is 0 Å². The zero-order valence-corrected chi connectivity index (χ0v) is 17.1. The van der Waals surface area contributed by atoms with Crippen molar-refractivity contribution in [2.24, 2.45) is 0 Å². The fourth-order valence-electron chi connectivity index (χ4n) is 3.28. The molecular formula is C20H23ClN2O3S. The number of carbonyl (C=O) groups is 1. The smallest absolute Gasteiger partial charge is 0.253 e. The van der Waals surface area contributed by atoms with Crippen LogP contribution in [-0.2, 0) is 16.4 Å². The van der Waals surface area contributed by atoms with Gasteiger partial charge in [-0.05, 0) is 30.7 Å². The molecule has 0 aliphatic carbocycles. The third-order valence-electron chi connectivity index (χ3n) is 4.73. The predicted molar refractivity (Wildman–Crippen MR) is 107 cm³/mol. The third-order valence-corrected chi connectivity index (χ3v) is 6.30. The molecule has 1 fully saturated rings. The van der Waals surface area contributed by atoms with E-state index in [2.05, 4.69) is 36.1 Å². The van der Waals surface area contributed by atoms with Crippen molar-refractivity contribution in [1.82, 2.24) is 9.80 Å². The summed E-state index contributed by atoms with van der Waals surface area (Å²) in [5, 5.41) is 0.136. The number of nitrogens with zero attached hydrogens (tertiary/aromatic N) is 2. The van der Waals surface area contributed by atoms with Crippen LogP contribution in [0.4, 0.5) is 0 Å². The van der Waals surface area contributed by atoms with E-state index < -0.39 is 9.84 Å². The second-order valence-electron chi connectivity index (χ2n) is 6.97. The van der Waals surface area contributed by atoms with Crippen LogP contribution in [0.3, 0.4) is 0 Å². The lowest BCUT2D eigenvalue weighted by Gasteiger charge is -2.35. The van der Waals surface area contributed by atoms with Crippen LogP contribution in [0.5, 0.6) is 0 Å². The lowest BCUT2D eigenvalue weighted by Crippen LogP contribution is -2.48. The lowest BCUT2D eigenvalue weighted by atomic mass is 10.1. The van der Waals surface area contributed by atoms with Gasteiger partial charge < -0.3 is 4.90 Å². The van der Waals surface area contributed by atoms with Crippen LogP contribution < -0.4 is 0 Å². The molecule has 0 spiro atoms. The summed E-state index contributed by atoms with van der Waals surface area (Å²) >= 11 is 5.97. The van der Waals surface area contributed by atoms with Crippen LogP contribution in [0.25, 0.3) is 0 Å². The molecule has 7 heteroatoms. The minimum Gasteiger partial charge on any atom is -0.336 e. The Morgan fingerprint density at radius 2 is 1.78 bits per heavy atom. The number of halogens is 1. The topological polar surface area (TPSA) is 57.7 Å². The first-order chi connectivity index (χ1) is 12.7. The van der Waals surface area contributed by atoms with Crippen LogP contribution in [0, 0.1) is 6.92 Å². The quantitative estimate of drug-likeness (QED) is 0.783. The SMILES string of the molecule is Cc1cccc(CN2CCN(C(=O)c3ccc(Cl)c(S(C)(=O)=O)c3)CC2)c1. The number of hydrogen-bond acceptors (Lipinski definition) is 4. The molecule has 0 saturated carbocycles. The molecule has 5 nitrogen and oxygen atoms in total. The van der Waals surface area contributed by atoms with E-state index in [0.29, 0.717) is 18.7 Å². The summed E-state index contributed by atoms with van der Waals surface area (Å²) in [6, 6.07) is 12.9. The standard InChI is InChI=1S/C20H23ClN2O3S/c1-15-4-3-5-16(12-15)14-22-8-10-23(11-9-22)20(24)17-6-7-18(21)19(13-17)27(2,25)26/h3-7,12-13H,8-11,14H2,1-2H3. The van der Waals surface area contributed by atoms with Gasteiger partial charge in [-0.3, -0.25) is 9.69 Å². The molecule has 3 rings (SSSR count). The molecule has 0 bridgehead atoms. The molecule has 144 valence electrons. The number of benzene rings is 2. The van der Waals surface area contributed by atoms with Crippen molar-refractivity contribution in [3.8, 4) is 0 Å². The fraction of sp³-hybridized carbons (Fsp3) is 0.350. The first kappa shape index (κ1) is 19.9. The Bertz CT molecular complexity index is 951. The maximum absolute atomic E-state index is 12.8. The Hall–Kier alpha value is -1.89. The van der Waals surface area contributed by atoms with Crippen LogP contribution >= 0.6 is 11.6 Å². The van der Waals surface area contributed by atoms with E-state index in [4.69, 9.17) is 11.6 Å². The Kier molecular flexibility index (Phi) is 5.89. The van der Waals surface area contributed by atoms with Crippen LogP contribution in [0.15, 0.2) is 47.4 Å². The zero-order chi connectivity index (χ0) is 19.6. The highest BCUT2D eigenvalue weighted by molar-refractivity contribution is 7.90. The minimum atomic E-state index is -3.48. The van der Waals surface area contributed by atoms with Crippen molar-refractivity contribution in [2.75, 3.05) is 32.4 Å². The van der Waals surface area contributed by atoms with Gasteiger partial charge in [0.2, 0.25) is 0 Å². The number of aryl methyl sites for hydroxylation is 1. The molecule has 0 radical (unpaired) electrons. The number of amides is 1. The molecule has 0 atom stereocenters. The summed E-state index contributed by atoms with van der Waals surface area (Å²) in [6.07, 6.45) is 1.09. The molecule has 2 aromatic rings. The largest absolute Gasteiger partial charge is 0.336 e. The van der Waals surface area contributed by atoms with E-state index in [-0.39, 0.29) is 15.8 Å². The number of carbonyl (C=O) groups excluding carboxylic acids is 1. The number of hydrogen-bond donors (Lipinski definition) is 0. The summed E-state index contributed by atoms with van der Waals surface area (Å²) in [4.78, 5) is 16.9. The van der Waals surface area contributed by atoms with Gasteiger partial charge in [0.05, 0.1) is 9.92 Å². The summed E-state index contributed by atoms with van der Waals surface area (Å²) < 4.78 is 23.7. The predicted octanol–water partition coefficient (Wildman–Crippen LogP) is 3.01. The molecular weight excluding hydrogens is 384 g/mol. The van der Waals surface area contributed by atoms with Crippen molar-refractivity contribution < 1.29 is 13.2 Å². The molecule has 1 amide bonds. The van der Waals surface area contributed by atoms with Gasteiger partial charge in [0.25, 0.3) is 5.91 Å². The monoisotopic (exact) mass is 406 g/mol. The van der Waals surface area contributed by atoms with E-state index in [1.165, 1.54) is 23.3 Å². The first-order valence-corrected chi connectivity index (χ1v) is 11.1. The van der Waals surface area contributed by atoms with E-state index in [9.17, 15) is 13.2 Å². The van der Waals surface area contributed by atoms with E-state index in [1.807, 2.05) is 0 Å². The number of piperazine rings is 1. The molecule has 1 aliphatic rings. The third kappa shape index (κ3) is 4.89. The van der Waals surface area contributed by atoms with Crippen LogP contribution in [0.2, 0.25) is 5.02 Å². The van der Waals surface area contributed by atoms with Gasteiger partial charge in [0, 0.05) is 44.5 Å². The molecule has 0 N–H and O–H groups in total. The molecule has 1 aliphatic heterocycles. The van der Waals surface area contributed by atoms with Gasteiger partial charge in [-0.1, -0.05) is 41.4 Å². The number of rotatable bonds is 4. The van der Waals surface area contributed by atoms with Gasteiger partial charge in [-0.2, -0.15) is 0 Å². The van der Waals surface area contributed by atoms with Crippen molar-refractivity contribution in [1.29, 1.82) is 0 Å². The van der Waals surface area contributed by atoms with Gasteiger partial charge in [-0.25, -0.2) is 8.42 Å². The van der Waals surface area contributed by atoms with Gasteiger partial charge in [0.1, 0.15) is 0 Å². The second-order valence-corrected chi connectivity index (χ2v) is 9.37. The molecule has 1 heterocycles. The Labute approximate surface area is 165 Å². The molecule has 0 aromatic heterocycles. The first-order valence-electron chi connectivity index (χ1n) is 8.81. The van der Waals surface area contributed by atoms with Crippen molar-refractivity contribution in [3.63, 3.8) is 0 Å². The van der Waals surface area contributed by atoms with Crippen molar-refractivity contribution >= 4 is 27.3 Å². The maximum atomic E-state index is 12.8. The maximum Gasteiger partial charge on any atom is 0.253 e. The Morgan fingerprint density at radius 3 is 2.41 bits per heavy atom. The number of sulfone groups is 1. The Morgan fingerprint density at radius 1 is 1.07 bits per heavy atom. The fourth-order valence-corrected chi connectivity index (χ4v) is 4.58. The second kappa shape index (κ2) is 8.00. The summed E-state index contributed by atoms with van der Waals surface area (Å²) in [7, 11) is -3.48. The summed E-state index contributed by atoms with van der Waals surface area (Å²) in [6.45, 7) is 5.74. The highest BCUT2D eigenvalue weighted by Gasteiger charge is 2.24.